The van der Waals surface area contributed by atoms with E-state index in [0.717, 1.165) is 12.1 Å². The molecule has 2 aromatic rings. The SMILES string of the molecule is C=C.CC.CC.CCCCC.CCc1ccccc1CC[C@H]1NC(=O)CN([C@@H](C(=O)NC)c2ccc(N(C)C)cc2)C1=O. The Kier molecular flexibility index (Phi) is 24.1. The number of carbonyl (C=O) groups excluding carboxylic acids is 3. The summed E-state index contributed by atoms with van der Waals surface area (Å²) in [5, 5.41) is 5.47. The maximum Gasteiger partial charge on any atom is 0.247 e. The number of amides is 3. The van der Waals surface area contributed by atoms with Gasteiger partial charge in [0.05, 0.1) is 0 Å². The Morgan fingerprint density at radius 3 is 1.93 bits per heavy atom. The van der Waals surface area contributed by atoms with Crippen LogP contribution in [0.2, 0.25) is 0 Å². The van der Waals surface area contributed by atoms with Gasteiger partial charge < -0.3 is 20.4 Å². The van der Waals surface area contributed by atoms with Crippen molar-refractivity contribution in [1.29, 1.82) is 0 Å². The lowest BCUT2D eigenvalue weighted by molar-refractivity contribution is -0.150. The zero-order valence-corrected chi connectivity index (χ0v) is 28.8. The molecule has 0 saturated carbocycles. The van der Waals surface area contributed by atoms with Crippen LogP contribution in [0, 0.1) is 0 Å². The van der Waals surface area contributed by atoms with Gasteiger partial charge in [0.15, 0.2) is 0 Å². The molecule has 3 rings (SSSR count). The van der Waals surface area contributed by atoms with E-state index >= 15 is 0 Å². The lowest BCUT2D eigenvalue weighted by Crippen LogP contribution is -2.60. The van der Waals surface area contributed by atoms with E-state index in [9.17, 15) is 14.4 Å². The van der Waals surface area contributed by atoms with Crippen LogP contribution < -0.4 is 15.5 Å². The molecule has 1 fully saturated rings. The second-order valence-electron chi connectivity index (χ2n) is 9.60. The van der Waals surface area contributed by atoms with Gasteiger partial charge in [-0.2, -0.15) is 0 Å². The highest BCUT2D eigenvalue weighted by atomic mass is 16.2. The summed E-state index contributed by atoms with van der Waals surface area (Å²) in [5.74, 6) is -0.804. The number of benzene rings is 2. The number of hydrogen-bond acceptors (Lipinski definition) is 4. The average Bonchev–Trinajstić information content (AvgIpc) is 3.05. The number of likely N-dealkylation sites (N-methyl/N-ethyl adjacent to an activating group) is 1. The highest BCUT2D eigenvalue weighted by Crippen LogP contribution is 2.26. The second kappa shape index (κ2) is 24.9. The minimum Gasteiger partial charge on any atom is -0.378 e. The highest BCUT2D eigenvalue weighted by molar-refractivity contribution is 5.98. The van der Waals surface area contributed by atoms with Crippen molar-refractivity contribution in [3.05, 3.63) is 78.4 Å². The molecule has 1 aliphatic rings. The number of unbranched alkanes of at least 4 members (excludes halogenated alkanes) is 2. The lowest BCUT2D eigenvalue weighted by atomic mass is 9.96. The maximum atomic E-state index is 13.4. The second-order valence-corrected chi connectivity index (χ2v) is 9.60. The third-order valence-corrected chi connectivity index (χ3v) is 6.67. The minimum atomic E-state index is -0.861. The van der Waals surface area contributed by atoms with Crippen LogP contribution in [-0.4, -0.2) is 56.4 Å². The van der Waals surface area contributed by atoms with E-state index in [4.69, 9.17) is 0 Å². The number of carbonyl (C=O) groups is 3. The smallest absolute Gasteiger partial charge is 0.247 e. The fourth-order valence-electron chi connectivity index (χ4n) is 4.51. The minimum absolute atomic E-state index is 0.144. The predicted molar refractivity (Wildman–Crippen MR) is 185 cm³/mol. The van der Waals surface area contributed by atoms with Crippen LogP contribution in [0.1, 0.15) is 96.9 Å². The first-order valence-corrected chi connectivity index (χ1v) is 15.9. The Labute approximate surface area is 263 Å². The molecular formula is C36H60N4O3. The van der Waals surface area contributed by atoms with Crippen LogP contribution in [0.25, 0.3) is 0 Å². The lowest BCUT2D eigenvalue weighted by Gasteiger charge is -2.37. The third-order valence-electron chi connectivity index (χ3n) is 6.67. The molecule has 2 aromatic carbocycles. The Bertz CT molecular complexity index is 1040. The summed E-state index contributed by atoms with van der Waals surface area (Å²) in [4.78, 5) is 42.1. The van der Waals surface area contributed by atoms with Gasteiger partial charge in [-0.1, -0.05) is 104 Å². The molecule has 0 aromatic heterocycles. The van der Waals surface area contributed by atoms with Gasteiger partial charge in [0.2, 0.25) is 17.7 Å². The number of nitrogens with one attached hydrogen (secondary N) is 2. The largest absolute Gasteiger partial charge is 0.378 e. The molecule has 2 N–H and O–H groups in total. The van der Waals surface area contributed by atoms with Crippen molar-refractivity contribution in [2.45, 2.75) is 99.1 Å². The topological polar surface area (TPSA) is 81.8 Å². The molecule has 2 atom stereocenters. The van der Waals surface area contributed by atoms with Crippen LogP contribution in [0.5, 0.6) is 0 Å². The number of anilines is 1. The molecule has 0 bridgehead atoms. The van der Waals surface area contributed by atoms with E-state index in [0.29, 0.717) is 18.4 Å². The summed E-state index contributed by atoms with van der Waals surface area (Å²) in [6, 6.07) is 14.1. The quantitative estimate of drug-likeness (QED) is 0.286. The van der Waals surface area contributed by atoms with Crippen molar-refractivity contribution >= 4 is 23.4 Å². The third kappa shape index (κ3) is 13.9. The van der Waals surface area contributed by atoms with Gasteiger partial charge in [-0.05, 0) is 48.1 Å². The standard InChI is InChI=1S/C25H32N4O3.C5H12.2C2H6.C2H4/c1-5-17-8-6-7-9-18(17)12-15-21-25(32)29(16-22(30)27-21)23(24(31)26-2)19-10-13-20(14-11-19)28(3)4;1-3-5-4-2;3*1-2/h6-11,13-14,21,23H,5,12,15-16H2,1-4H3,(H,26,31)(H,27,30);3-5H2,1-2H3;2*1-2H3;1-2H2/t21-,23-;;;;/m1..../s1. The van der Waals surface area contributed by atoms with Crippen LogP contribution in [-0.2, 0) is 27.2 Å². The molecule has 3 amide bonds. The van der Waals surface area contributed by atoms with E-state index in [2.05, 4.69) is 56.7 Å². The van der Waals surface area contributed by atoms with E-state index < -0.39 is 12.1 Å². The van der Waals surface area contributed by atoms with Crippen molar-refractivity contribution < 1.29 is 14.4 Å². The Balaban J connectivity index is 0. The van der Waals surface area contributed by atoms with Gasteiger partial charge in [0.1, 0.15) is 18.6 Å². The van der Waals surface area contributed by atoms with Crippen molar-refractivity contribution in [1.82, 2.24) is 15.5 Å². The molecular weight excluding hydrogens is 536 g/mol. The molecule has 1 aliphatic heterocycles. The predicted octanol–water partition coefficient (Wildman–Crippen LogP) is 7.11. The Morgan fingerprint density at radius 1 is 0.953 bits per heavy atom. The molecule has 43 heavy (non-hydrogen) atoms. The first kappa shape index (κ1) is 41.5. The number of hydrogen-bond donors (Lipinski definition) is 2. The Hall–Kier alpha value is -3.61. The summed E-state index contributed by atoms with van der Waals surface area (Å²) < 4.78 is 0. The van der Waals surface area contributed by atoms with Crippen molar-refractivity contribution in [2.75, 3.05) is 32.6 Å². The van der Waals surface area contributed by atoms with Gasteiger partial charge in [-0.25, -0.2) is 0 Å². The van der Waals surface area contributed by atoms with Crippen LogP contribution in [0.15, 0.2) is 61.7 Å². The van der Waals surface area contributed by atoms with E-state index in [-0.39, 0.29) is 24.3 Å². The fraction of sp³-hybridized carbons (Fsp3) is 0.528. The number of rotatable bonds is 10. The number of nitrogens with zero attached hydrogens (tertiary/aromatic N) is 2. The first-order chi connectivity index (χ1) is 20.8. The van der Waals surface area contributed by atoms with Gasteiger partial charge >= 0.3 is 0 Å². The summed E-state index contributed by atoms with van der Waals surface area (Å²) in [7, 11) is 5.41. The van der Waals surface area contributed by atoms with Crippen LogP contribution >= 0.6 is 0 Å². The molecule has 242 valence electrons. The normalized spacial score (nSPS) is 14.0. The zero-order valence-electron chi connectivity index (χ0n) is 28.8. The van der Waals surface area contributed by atoms with Crippen molar-refractivity contribution in [2.24, 2.45) is 0 Å². The molecule has 0 aliphatic carbocycles. The average molecular weight is 597 g/mol. The number of aryl methyl sites for hydroxylation is 2. The van der Waals surface area contributed by atoms with Crippen LogP contribution in [0.3, 0.4) is 0 Å². The van der Waals surface area contributed by atoms with Gasteiger partial charge in [-0.15, -0.1) is 13.2 Å². The monoisotopic (exact) mass is 596 g/mol. The van der Waals surface area contributed by atoms with Crippen molar-refractivity contribution in [3.8, 4) is 0 Å². The molecule has 7 heteroatoms. The summed E-state index contributed by atoms with van der Waals surface area (Å²) in [6.07, 6.45) is 6.15. The number of piperazine rings is 1. The van der Waals surface area contributed by atoms with E-state index in [1.165, 1.54) is 42.3 Å². The summed E-state index contributed by atoms with van der Waals surface area (Å²) in [6.45, 7) is 20.4. The van der Waals surface area contributed by atoms with Crippen LogP contribution in [0.4, 0.5) is 5.69 Å². The first-order valence-electron chi connectivity index (χ1n) is 15.9. The molecule has 0 spiro atoms. The van der Waals surface area contributed by atoms with Gasteiger partial charge in [-0.3, -0.25) is 14.4 Å². The van der Waals surface area contributed by atoms with E-state index in [1.54, 1.807) is 0 Å². The Morgan fingerprint density at radius 2 is 1.49 bits per heavy atom. The van der Waals surface area contributed by atoms with E-state index in [1.807, 2.05) is 83.1 Å². The molecule has 1 heterocycles. The molecule has 1 saturated heterocycles. The highest BCUT2D eigenvalue weighted by Gasteiger charge is 2.39. The zero-order chi connectivity index (χ0) is 33.4. The van der Waals surface area contributed by atoms with Crippen molar-refractivity contribution in [3.63, 3.8) is 0 Å². The van der Waals surface area contributed by atoms with Gasteiger partial charge in [0, 0.05) is 26.8 Å². The maximum absolute atomic E-state index is 13.4. The molecule has 7 nitrogen and oxygen atoms in total. The van der Waals surface area contributed by atoms with Gasteiger partial charge in [0.25, 0.3) is 0 Å². The summed E-state index contributed by atoms with van der Waals surface area (Å²) in [5.41, 5.74) is 4.08. The fourth-order valence-corrected chi connectivity index (χ4v) is 4.51. The molecule has 0 unspecified atom stereocenters. The molecule has 0 radical (unpaired) electrons. The summed E-state index contributed by atoms with van der Waals surface area (Å²) >= 11 is 0.